The zero-order valence-electron chi connectivity index (χ0n) is 12.6. The van der Waals surface area contributed by atoms with E-state index in [1.165, 1.54) is 51.1 Å². The number of piperazine rings is 1. The van der Waals surface area contributed by atoms with Gasteiger partial charge in [0, 0.05) is 38.8 Å². The molecule has 0 spiro atoms. The first-order valence-corrected chi connectivity index (χ1v) is 8.13. The highest BCUT2D eigenvalue weighted by Crippen LogP contribution is 2.29. The van der Waals surface area contributed by atoms with Crippen molar-refractivity contribution in [2.24, 2.45) is 0 Å². The second kappa shape index (κ2) is 6.70. The van der Waals surface area contributed by atoms with E-state index < -0.39 is 0 Å². The van der Waals surface area contributed by atoms with Crippen molar-refractivity contribution in [1.82, 2.24) is 15.1 Å². The van der Waals surface area contributed by atoms with Gasteiger partial charge in [-0.05, 0) is 37.1 Å². The van der Waals surface area contributed by atoms with Crippen LogP contribution in [0.25, 0.3) is 0 Å². The molecule has 2 heterocycles. The van der Waals surface area contributed by atoms with E-state index in [2.05, 4.69) is 46.3 Å². The molecule has 2 aliphatic rings. The lowest BCUT2D eigenvalue weighted by atomic mass is 9.97. The molecule has 0 saturated carbocycles. The first kappa shape index (κ1) is 14.1. The highest BCUT2D eigenvalue weighted by atomic mass is 15.3. The predicted octanol–water partition coefficient (Wildman–Crippen LogP) is 2.25. The summed E-state index contributed by atoms with van der Waals surface area (Å²) in [6, 6.07) is 9.61. The Balaban J connectivity index is 1.71. The Labute approximate surface area is 123 Å². The van der Waals surface area contributed by atoms with Gasteiger partial charge >= 0.3 is 0 Å². The molecule has 0 aromatic heterocycles. The largest absolute Gasteiger partial charge is 0.313 e. The van der Waals surface area contributed by atoms with Crippen LogP contribution in [0.3, 0.4) is 0 Å². The van der Waals surface area contributed by atoms with Crippen molar-refractivity contribution in [3.63, 3.8) is 0 Å². The van der Waals surface area contributed by atoms with Crippen LogP contribution in [0.5, 0.6) is 0 Å². The Morgan fingerprint density at radius 1 is 1.15 bits per heavy atom. The van der Waals surface area contributed by atoms with Crippen LogP contribution in [-0.2, 0) is 6.54 Å². The van der Waals surface area contributed by atoms with Crippen molar-refractivity contribution in [3.05, 3.63) is 35.4 Å². The Kier molecular flexibility index (Phi) is 4.71. The van der Waals surface area contributed by atoms with Crippen molar-refractivity contribution < 1.29 is 0 Å². The van der Waals surface area contributed by atoms with Gasteiger partial charge in [-0.15, -0.1) is 0 Å². The Morgan fingerprint density at radius 2 is 1.95 bits per heavy atom. The summed E-state index contributed by atoms with van der Waals surface area (Å²) in [7, 11) is 0. The molecule has 3 heteroatoms. The topological polar surface area (TPSA) is 18.5 Å². The van der Waals surface area contributed by atoms with E-state index in [9.17, 15) is 0 Å². The minimum Gasteiger partial charge on any atom is -0.313 e. The molecule has 110 valence electrons. The van der Waals surface area contributed by atoms with Gasteiger partial charge in [-0.1, -0.05) is 31.2 Å². The number of hydrogen-bond donors (Lipinski definition) is 1. The normalized spacial score (nSPS) is 25.1. The molecule has 0 aliphatic carbocycles. The first-order valence-electron chi connectivity index (χ1n) is 8.13. The molecule has 20 heavy (non-hydrogen) atoms. The molecule has 1 aromatic rings. The summed E-state index contributed by atoms with van der Waals surface area (Å²) in [5.41, 5.74) is 3.05. The van der Waals surface area contributed by atoms with Crippen LogP contribution < -0.4 is 5.32 Å². The van der Waals surface area contributed by atoms with Crippen molar-refractivity contribution in [3.8, 4) is 0 Å². The third-order valence-corrected chi connectivity index (χ3v) is 4.71. The minimum atomic E-state index is 0.616. The van der Waals surface area contributed by atoms with Gasteiger partial charge in [-0.2, -0.15) is 0 Å². The lowest BCUT2D eigenvalue weighted by Crippen LogP contribution is -2.47. The van der Waals surface area contributed by atoms with Gasteiger partial charge in [0.1, 0.15) is 0 Å². The fraction of sp³-hybridized carbons (Fsp3) is 0.647. The molecule has 1 N–H and O–H groups in total. The van der Waals surface area contributed by atoms with Crippen LogP contribution in [0.15, 0.2) is 24.3 Å². The first-order chi connectivity index (χ1) is 9.88. The molecule has 1 atom stereocenters. The molecule has 0 amide bonds. The molecule has 0 bridgehead atoms. The van der Waals surface area contributed by atoms with Gasteiger partial charge in [-0.25, -0.2) is 0 Å². The van der Waals surface area contributed by atoms with Crippen LogP contribution >= 0.6 is 0 Å². The van der Waals surface area contributed by atoms with Crippen molar-refractivity contribution in [2.75, 3.05) is 39.3 Å². The number of hydrogen-bond acceptors (Lipinski definition) is 3. The summed E-state index contributed by atoms with van der Waals surface area (Å²) in [6.45, 7) is 10.6. The third-order valence-electron chi connectivity index (χ3n) is 4.71. The molecule has 1 fully saturated rings. The Bertz CT molecular complexity index is 424. The Morgan fingerprint density at radius 3 is 2.75 bits per heavy atom. The third kappa shape index (κ3) is 3.05. The molecule has 1 aromatic carbocycles. The van der Waals surface area contributed by atoms with Crippen molar-refractivity contribution in [2.45, 2.75) is 32.4 Å². The maximum Gasteiger partial charge on any atom is 0.0364 e. The van der Waals surface area contributed by atoms with Crippen LogP contribution in [0.4, 0.5) is 0 Å². The van der Waals surface area contributed by atoms with Crippen LogP contribution in [0.2, 0.25) is 0 Å². The number of nitrogens with zero attached hydrogens (tertiary/aromatic N) is 2. The van der Waals surface area contributed by atoms with Gasteiger partial charge in [0.05, 0.1) is 0 Å². The van der Waals surface area contributed by atoms with Crippen molar-refractivity contribution >= 4 is 0 Å². The molecule has 3 rings (SSSR count). The maximum absolute atomic E-state index is 3.56. The maximum atomic E-state index is 3.56. The van der Waals surface area contributed by atoms with Gasteiger partial charge in [0.25, 0.3) is 0 Å². The average molecular weight is 273 g/mol. The monoisotopic (exact) mass is 273 g/mol. The zero-order valence-corrected chi connectivity index (χ0v) is 12.6. The van der Waals surface area contributed by atoms with E-state index in [4.69, 9.17) is 0 Å². The molecule has 3 nitrogen and oxygen atoms in total. The molecular weight excluding hydrogens is 246 g/mol. The fourth-order valence-electron chi connectivity index (χ4n) is 3.63. The number of nitrogens with one attached hydrogen (secondary N) is 1. The molecule has 1 unspecified atom stereocenters. The van der Waals surface area contributed by atoms with Crippen molar-refractivity contribution in [1.29, 1.82) is 0 Å². The second-order valence-electron chi connectivity index (χ2n) is 6.06. The summed E-state index contributed by atoms with van der Waals surface area (Å²) >= 11 is 0. The molecular formula is C17H27N3. The predicted molar refractivity (Wildman–Crippen MR) is 83.8 cm³/mol. The quantitative estimate of drug-likeness (QED) is 0.911. The molecule has 0 radical (unpaired) electrons. The van der Waals surface area contributed by atoms with Crippen LogP contribution in [0.1, 0.15) is 36.9 Å². The fourth-order valence-corrected chi connectivity index (χ4v) is 3.63. The Hall–Kier alpha value is -0.900. The van der Waals surface area contributed by atoms with Crippen LogP contribution in [0, 0.1) is 0 Å². The van der Waals surface area contributed by atoms with E-state index in [0.29, 0.717) is 6.04 Å². The SMILES string of the molecule is CCCN1CCN(C2CCNCc3ccccc32)CC1. The highest BCUT2D eigenvalue weighted by Gasteiger charge is 2.27. The smallest absolute Gasteiger partial charge is 0.0364 e. The van der Waals surface area contributed by atoms with Gasteiger partial charge in [-0.3, -0.25) is 4.90 Å². The van der Waals surface area contributed by atoms with E-state index in [1.54, 1.807) is 5.56 Å². The lowest BCUT2D eigenvalue weighted by molar-refractivity contribution is 0.0928. The number of fused-ring (bicyclic) bond motifs is 1. The van der Waals surface area contributed by atoms with E-state index >= 15 is 0 Å². The zero-order chi connectivity index (χ0) is 13.8. The molecule has 1 saturated heterocycles. The second-order valence-corrected chi connectivity index (χ2v) is 6.06. The van der Waals surface area contributed by atoms with Gasteiger partial charge in [0.15, 0.2) is 0 Å². The standard InChI is InChI=1S/C17H27N3/c1-2-9-19-10-12-20(13-11-19)17-7-8-18-14-15-5-3-4-6-16(15)17/h3-6,17-18H,2,7-14H2,1H3. The average Bonchev–Trinajstić information content (AvgIpc) is 2.71. The summed E-state index contributed by atoms with van der Waals surface area (Å²) in [5, 5.41) is 3.56. The van der Waals surface area contributed by atoms with E-state index in [-0.39, 0.29) is 0 Å². The number of rotatable bonds is 3. The van der Waals surface area contributed by atoms with E-state index in [0.717, 1.165) is 13.1 Å². The highest BCUT2D eigenvalue weighted by molar-refractivity contribution is 5.31. The summed E-state index contributed by atoms with van der Waals surface area (Å²) < 4.78 is 0. The van der Waals surface area contributed by atoms with Gasteiger partial charge in [0.2, 0.25) is 0 Å². The number of benzene rings is 1. The molecule has 2 aliphatic heterocycles. The minimum absolute atomic E-state index is 0.616. The summed E-state index contributed by atoms with van der Waals surface area (Å²) in [5.74, 6) is 0. The van der Waals surface area contributed by atoms with Crippen LogP contribution in [-0.4, -0.2) is 49.1 Å². The van der Waals surface area contributed by atoms with E-state index in [1.807, 2.05) is 0 Å². The summed E-state index contributed by atoms with van der Waals surface area (Å²) in [6.07, 6.45) is 2.51. The van der Waals surface area contributed by atoms with Gasteiger partial charge < -0.3 is 10.2 Å². The summed E-state index contributed by atoms with van der Waals surface area (Å²) in [4.78, 5) is 5.31. The lowest BCUT2D eigenvalue weighted by Gasteiger charge is -2.39.